The van der Waals surface area contributed by atoms with E-state index in [2.05, 4.69) is 31.4 Å². The van der Waals surface area contributed by atoms with Crippen LogP contribution < -0.4 is 10.6 Å². The van der Waals surface area contributed by atoms with Crippen LogP contribution in [0, 0.1) is 11.3 Å². The number of amides is 1. The molecule has 0 radical (unpaired) electrons. The van der Waals surface area contributed by atoms with Gasteiger partial charge in [0.05, 0.1) is 6.54 Å². The second-order valence-corrected chi connectivity index (χ2v) is 5.72. The highest BCUT2D eigenvalue weighted by Gasteiger charge is 2.26. The summed E-state index contributed by atoms with van der Waals surface area (Å²) in [5, 5.41) is 6.16. The molecule has 0 aromatic rings. The van der Waals surface area contributed by atoms with E-state index in [-0.39, 0.29) is 11.3 Å². The molecule has 0 unspecified atom stereocenters. The van der Waals surface area contributed by atoms with E-state index in [0.29, 0.717) is 12.5 Å². The molecule has 0 spiro atoms. The summed E-state index contributed by atoms with van der Waals surface area (Å²) in [7, 11) is 0. The van der Waals surface area contributed by atoms with E-state index in [0.717, 1.165) is 39.1 Å². The lowest BCUT2D eigenvalue weighted by atomic mass is 9.82. The van der Waals surface area contributed by atoms with Gasteiger partial charge in [0.15, 0.2) is 0 Å². The Kier molecular flexibility index (Phi) is 5.92. The van der Waals surface area contributed by atoms with Crippen LogP contribution in [-0.4, -0.2) is 38.8 Å². The number of nitrogens with one attached hydrogen (secondary N) is 2. The van der Waals surface area contributed by atoms with Crippen molar-refractivity contribution in [3.8, 4) is 0 Å². The zero-order chi connectivity index (χ0) is 12.7. The molecule has 0 aromatic heterocycles. The third-order valence-electron chi connectivity index (χ3n) is 3.24. The normalized spacial score (nSPS) is 19.3. The van der Waals surface area contributed by atoms with Crippen molar-refractivity contribution in [2.24, 2.45) is 11.3 Å². The Morgan fingerprint density at radius 3 is 2.59 bits per heavy atom. The number of carbonyl (C=O) groups excluding carboxylic acids is 1. The molecule has 1 aliphatic heterocycles. The Morgan fingerprint density at radius 2 is 2.00 bits per heavy atom. The molecular formula is C13H26N2O2. The van der Waals surface area contributed by atoms with E-state index in [1.165, 1.54) is 0 Å². The fourth-order valence-corrected chi connectivity index (χ4v) is 1.90. The molecular weight excluding hydrogens is 216 g/mol. The lowest BCUT2D eigenvalue weighted by Crippen LogP contribution is -2.42. The molecule has 0 saturated carbocycles. The Labute approximate surface area is 104 Å². The first kappa shape index (κ1) is 14.5. The van der Waals surface area contributed by atoms with Crippen molar-refractivity contribution in [3.05, 3.63) is 0 Å². The van der Waals surface area contributed by atoms with Gasteiger partial charge in [-0.15, -0.1) is 0 Å². The quantitative estimate of drug-likeness (QED) is 0.735. The first-order valence-corrected chi connectivity index (χ1v) is 6.57. The van der Waals surface area contributed by atoms with Crippen LogP contribution in [0.5, 0.6) is 0 Å². The predicted octanol–water partition coefficient (Wildman–Crippen LogP) is 1.16. The Balaban J connectivity index is 2.11. The topological polar surface area (TPSA) is 50.4 Å². The lowest BCUT2D eigenvalue weighted by molar-refractivity contribution is -0.120. The summed E-state index contributed by atoms with van der Waals surface area (Å²) in [4.78, 5) is 11.5. The highest BCUT2D eigenvalue weighted by atomic mass is 16.5. The van der Waals surface area contributed by atoms with Crippen LogP contribution >= 0.6 is 0 Å². The van der Waals surface area contributed by atoms with Crippen LogP contribution in [-0.2, 0) is 9.53 Å². The van der Waals surface area contributed by atoms with Gasteiger partial charge in [0.25, 0.3) is 0 Å². The zero-order valence-corrected chi connectivity index (χ0v) is 11.3. The molecule has 0 atom stereocenters. The smallest absolute Gasteiger partial charge is 0.233 e. The Morgan fingerprint density at radius 1 is 1.35 bits per heavy atom. The van der Waals surface area contributed by atoms with Gasteiger partial charge in [-0.25, -0.2) is 0 Å². The van der Waals surface area contributed by atoms with Crippen molar-refractivity contribution in [1.82, 2.24) is 10.6 Å². The van der Waals surface area contributed by atoms with Crippen molar-refractivity contribution in [2.75, 3.05) is 32.8 Å². The summed E-state index contributed by atoms with van der Waals surface area (Å²) < 4.78 is 5.35. The number of carbonyl (C=O) groups is 1. The molecule has 1 saturated heterocycles. The van der Waals surface area contributed by atoms with Gasteiger partial charge in [-0.1, -0.05) is 20.8 Å². The number of hydrogen-bond acceptors (Lipinski definition) is 3. The molecule has 1 rings (SSSR count). The molecule has 2 N–H and O–H groups in total. The van der Waals surface area contributed by atoms with Crippen LogP contribution in [0.25, 0.3) is 0 Å². The average Bonchev–Trinajstić information content (AvgIpc) is 2.27. The van der Waals surface area contributed by atoms with Crippen molar-refractivity contribution in [3.63, 3.8) is 0 Å². The van der Waals surface area contributed by atoms with Crippen LogP contribution in [0.15, 0.2) is 0 Å². The van der Waals surface area contributed by atoms with E-state index in [1.807, 2.05) is 0 Å². The maximum absolute atomic E-state index is 11.5. The molecule has 0 bridgehead atoms. The molecule has 0 aliphatic carbocycles. The van der Waals surface area contributed by atoms with Gasteiger partial charge in [0.2, 0.25) is 5.91 Å². The highest BCUT2D eigenvalue weighted by molar-refractivity contribution is 5.77. The molecule has 0 aromatic carbocycles. The first-order chi connectivity index (χ1) is 8.02. The van der Waals surface area contributed by atoms with Crippen molar-refractivity contribution in [2.45, 2.75) is 33.6 Å². The SMILES string of the molecule is CC(C)CNC(=O)CNCC1(C)CCOCC1. The van der Waals surface area contributed by atoms with E-state index in [9.17, 15) is 4.79 Å². The van der Waals surface area contributed by atoms with Gasteiger partial charge in [-0.3, -0.25) is 4.79 Å². The van der Waals surface area contributed by atoms with Gasteiger partial charge in [0, 0.05) is 26.3 Å². The fraction of sp³-hybridized carbons (Fsp3) is 0.923. The van der Waals surface area contributed by atoms with Gasteiger partial charge < -0.3 is 15.4 Å². The van der Waals surface area contributed by atoms with Crippen LogP contribution in [0.1, 0.15) is 33.6 Å². The van der Waals surface area contributed by atoms with Crippen molar-refractivity contribution < 1.29 is 9.53 Å². The summed E-state index contributed by atoms with van der Waals surface area (Å²) in [6.45, 7) is 10.2. The minimum Gasteiger partial charge on any atom is -0.381 e. The van der Waals surface area contributed by atoms with Gasteiger partial charge in [-0.05, 0) is 24.2 Å². The second kappa shape index (κ2) is 6.97. The summed E-state index contributed by atoms with van der Waals surface area (Å²) >= 11 is 0. The summed E-state index contributed by atoms with van der Waals surface area (Å²) in [5.41, 5.74) is 0.288. The maximum atomic E-state index is 11.5. The Hall–Kier alpha value is -0.610. The molecule has 4 heteroatoms. The third-order valence-corrected chi connectivity index (χ3v) is 3.24. The Bertz CT molecular complexity index is 236. The summed E-state index contributed by atoms with van der Waals surface area (Å²) in [6.07, 6.45) is 2.15. The number of hydrogen-bond donors (Lipinski definition) is 2. The summed E-state index contributed by atoms with van der Waals surface area (Å²) in [5.74, 6) is 0.598. The third kappa shape index (κ3) is 6.03. The average molecular weight is 242 g/mol. The molecule has 4 nitrogen and oxygen atoms in total. The van der Waals surface area contributed by atoms with Crippen LogP contribution in [0.2, 0.25) is 0 Å². The number of rotatable bonds is 6. The van der Waals surface area contributed by atoms with Gasteiger partial charge >= 0.3 is 0 Å². The van der Waals surface area contributed by atoms with E-state index >= 15 is 0 Å². The standard InChI is InChI=1S/C13H26N2O2/c1-11(2)8-15-12(16)9-14-10-13(3)4-6-17-7-5-13/h11,14H,4-10H2,1-3H3,(H,15,16). The molecule has 1 aliphatic rings. The second-order valence-electron chi connectivity index (χ2n) is 5.72. The van der Waals surface area contributed by atoms with Gasteiger partial charge in [0.1, 0.15) is 0 Å². The zero-order valence-electron chi connectivity index (χ0n) is 11.3. The lowest BCUT2D eigenvalue weighted by Gasteiger charge is -2.33. The van der Waals surface area contributed by atoms with E-state index in [4.69, 9.17) is 4.74 Å². The molecule has 1 heterocycles. The fourth-order valence-electron chi connectivity index (χ4n) is 1.90. The number of ether oxygens (including phenoxy) is 1. The minimum absolute atomic E-state index is 0.0920. The van der Waals surface area contributed by atoms with Crippen molar-refractivity contribution >= 4 is 5.91 Å². The van der Waals surface area contributed by atoms with Gasteiger partial charge in [-0.2, -0.15) is 0 Å². The van der Waals surface area contributed by atoms with Crippen LogP contribution in [0.3, 0.4) is 0 Å². The van der Waals surface area contributed by atoms with Crippen LogP contribution in [0.4, 0.5) is 0 Å². The predicted molar refractivity (Wildman–Crippen MR) is 68.9 cm³/mol. The largest absolute Gasteiger partial charge is 0.381 e. The van der Waals surface area contributed by atoms with E-state index in [1.54, 1.807) is 0 Å². The molecule has 1 fully saturated rings. The highest BCUT2D eigenvalue weighted by Crippen LogP contribution is 2.28. The minimum atomic E-state index is 0.0920. The van der Waals surface area contributed by atoms with E-state index < -0.39 is 0 Å². The molecule has 100 valence electrons. The monoisotopic (exact) mass is 242 g/mol. The first-order valence-electron chi connectivity index (χ1n) is 6.57. The molecule has 1 amide bonds. The maximum Gasteiger partial charge on any atom is 0.233 e. The summed E-state index contributed by atoms with van der Waals surface area (Å²) in [6, 6.07) is 0. The molecule has 17 heavy (non-hydrogen) atoms. The van der Waals surface area contributed by atoms with Crippen molar-refractivity contribution in [1.29, 1.82) is 0 Å².